The van der Waals surface area contributed by atoms with Crippen molar-refractivity contribution < 1.29 is 4.74 Å². The predicted octanol–water partition coefficient (Wildman–Crippen LogP) is 1.97. The van der Waals surface area contributed by atoms with Gasteiger partial charge >= 0.3 is 0 Å². The average Bonchev–Trinajstić information content (AvgIpc) is 3.01. The van der Waals surface area contributed by atoms with E-state index in [1.807, 2.05) is 19.1 Å². The predicted molar refractivity (Wildman–Crippen MR) is 107 cm³/mol. The third kappa shape index (κ3) is 3.65. The SMILES string of the molecule is CCOC1CN(c2cnn(Cc3c(-c4ccc(Cl)cc4)nnn3C)c(=O)c2)C1. The fraction of sp³-hybridized carbons (Fsp3) is 0.368. The molecule has 2 aromatic heterocycles. The van der Waals surface area contributed by atoms with Gasteiger partial charge in [0.05, 0.1) is 30.2 Å². The van der Waals surface area contributed by atoms with Crippen LogP contribution in [0.15, 0.2) is 41.3 Å². The number of ether oxygens (including phenoxy) is 1. The zero-order valence-electron chi connectivity index (χ0n) is 15.7. The molecule has 0 atom stereocenters. The number of hydrogen-bond acceptors (Lipinski definition) is 6. The van der Waals surface area contributed by atoms with Gasteiger partial charge in [-0.3, -0.25) is 4.79 Å². The lowest BCUT2D eigenvalue weighted by Crippen LogP contribution is -2.52. The molecule has 0 unspecified atom stereocenters. The normalized spacial score (nSPS) is 14.3. The molecule has 0 bridgehead atoms. The molecule has 1 aromatic carbocycles. The Morgan fingerprint density at radius 1 is 1.25 bits per heavy atom. The van der Waals surface area contributed by atoms with Crippen molar-refractivity contribution in [3.05, 3.63) is 57.6 Å². The second-order valence-electron chi connectivity index (χ2n) is 6.71. The Morgan fingerprint density at radius 3 is 2.68 bits per heavy atom. The van der Waals surface area contributed by atoms with E-state index in [9.17, 15) is 4.79 Å². The molecule has 0 aliphatic carbocycles. The van der Waals surface area contributed by atoms with Crippen molar-refractivity contribution in [3.8, 4) is 11.3 Å². The average molecular weight is 401 g/mol. The third-order valence-corrected chi connectivity index (χ3v) is 5.08. The number of halogens is 1. The summed E-state index contributed by atoms with van der Waals surface area (Å²) in [5.41, 5.74) is 3.04. The van der Waals surface area contributed by atoms with Gasteiger partial charge in [0.1, 0.15) is 5.69 Å². The van der Waals surface area contributed by atoms with E-state index in [1.165, 1.54) is 4.68 Å². The quantitative estimate of drug-likeness (QED) is 0.629. The molecule has 1 fully saturated rings. The summed E-state index contributed by atoms with van der Waals surface area (Å²) in [6.45, 7) is 4.53. The van der Waals surface area contributed by atoms with Crippen molar-refractivity contribution in [2.75, 3.05) is 24.6 Å². The summed E-state index contributed by atoms with van der Waals surface area (Å²) in [6.07, 6.45) is 1.95. The van der Waals surface area contributed by atoms with Gasteiger partial charge in [-0.15, -0.1) is 5.10 Å². The van der Waals surface area contributed by atoms with Gasteiger partial charge in [0.15, 0.2) is 0 Å². The molecule has 3 heterocycles. The summed E-state index contributed by atoms with van der Waals surface area (Å²) in [7, 11) is 1.80. The van der Waals surface area contributed by atoms with Crippen molar-refractivity contribution in [2.45, 2.75) is 19.6 Å². The Hall–Kier alpha value is -2.71. The van der Waals surface area contributed by atoms with E-state index in [2.05, 4.69) is 20.3 Å². The molecule has 9 heteroatoms. The second-order valence-corrected chi connectivity index (χ2v) is 7.14. The summed E-state index contributed by atoms with van der Waals surface area (Å²) in [5.74, 6) is 0. The van der Waals surface area contributed by atoms with Crippen molar-refractivity contribution in [1.29, 1.82) is 0 Å². The van der Waals surface area contributed by atoms with E-state index in [1.54, 1.807) is 36.1 Å². The maximum atomic E-state index is 12.6. The van der Waals surface area contributed by atoms with Crippen LogP contribution in [0.2, 0.25) is 5.02 Å². The topological polar surface area (TPSA) is 78.1 Å². The molecular formula is C19H21ClN6O2. The van der Waals surface area contributed by atoms with Gasteiger partial charge in [0.25, 0.3) is 5.56 Å². The first kappa shape index (κ1) is 18.6. The molecule has 8 nitrogen and oxygen atoms in total. The highest BCUT2D eigenvalue weighted by molar-refractivity contribution is 6.30. The highest BCUT2D eigenvalue weighted by Gasteiger charge is 2.27. The molecule has 146 valence electrons. The summed E-state index contributed by atoms with van der Waals surface area (Å²) in [6, 6.07) is 8.98. The molecule has 0 saturated carbocycles. The van der Waals surface area contributed by atoms with Gasteiger partial charge in [0.2, 0.25) is 0 Å². The zero-order valence-corrected chi connectivity index (χ0v) is 16.5. The third-order valence-electron chi connectivity index (χ3n) is 4.83. The maximum absolute atomic E-state index is 12.6. The standard InChI is InChI=1S/C19H21ClN6O2/c1-3-28-16-10-25(11-16)15-8-18(27)26(21-9-15)12-17-19(22-23-24(17)2)13-4-6-14(20)7-5-13/h4-9,16H,3,10-12H2,1-2H3. The van der Waals surface area contributed by atoms with Crippen LogP contribution in [0.1, 0.15) is 12.6 Å². The van der Waals surface area contributed by atoms with E-state index >= 15 is 0 Å². The molecule has 28 heavy (non-hydrogen) atoms. The van der Waals surface area contributed by atoms with E-state index < -0.39 is 0 Å². The van der Waals surface area contributed by atoms with Crippen LogP contribution in [0.3, 0.4) is 0 Å². The van der Waals surface area contributed by atoms with Gasteiger partial charge in [0, 0.05) is 43.4 Å². The second kappa shape index (κ2) is 7.73. The largest absolute Gasteiger partial charge is 0.375 e. The molecule has 0 radical (unpaired) electrons. The highest BCUT2D eigenvalue weighted by atomic mass is 35.5. The Morgan fingerprint density at radius 2 is 2.00 bits per heavy atom. The summed E-state index contributed by atoms with van der Waals surface area (Å²) in [4.78, 5) is 14.7. The molecule has 4 rings (SSSR count). The smallest absolute Gasteiger partial charge is 0.269 e. The Balaban J connectivity index is 1.55. The minimum absolute atomic E-state index is 0.166. The first-order chi connectivity index (χ1) is 13.5. The number of benzene rings is 1. The molecule has 0 amide bonds. The number of aryl methyl sites for hydroxylation is 1. The molecule has 1 saturated heterocycles. The first-order valence-electron chi connectivity index (χ1n) is 9.13. The van der Waals surface area contributed by atoms with Crippen LogP contribution in [-0.4, -0.2) is 50.6 Å². The van der Waals surface area contributed by atoms with Crippen molar-refractivity contribution in [3.63, 3.8) is 0 Å². The first-order valence-corrected chi connectivity index (χ1v) is 9.51. The van der Waals surface area contributed by atoms with Gasteiger partial charge in [-0.1, -0.05) is 28.9 Å². The van der Waals surface area contributed by atoms with Crippen LogP contribution < -0.4 is 10.5 Å². The minimum atomic E-state index is -0.166. The molecule has 0 spiro atoms. The van der Waals surface area contributed by atoms with Crippen LogP contribution in [0.5, 0.6) is 0 Å². The summed E-state index contributed by atoms with van der Waals surface area (Å²) < 4.78 is 8.64. The summed E-state index contributed by atoms with van der Waals surface area (Å²) >= 11 is 5.97. The van der Waals surface area contributed by atoms with Gasteiger partial charge in [-0.25, -0.2) is 9.36 Å². The zero-order chi connectivity index (χ0) is 19.7. The molecule has 1 aliphatic rings. The lowest BCUT2D eigenvalue weighted by Gasteiger charge is -2.40. The fourth-order valence-corrected chi connectivity index (χ4v) is 3.36. The highest BCUT2D eigenvalue weighted by Crippen LogP contribution is 2.23. The van der Waals surface area contributed by atoms with Gasteiger partial charge in [-0.2, -0.15) is 5.10 Å². The van der Waals surface area contributed by atoms with Gasteiger partial charge in [-0.05, 0) is 19.1 Å². The lowest BCUT2D eigenvalue weighted by molar-refractivity contribution is 0.0430. The van der Waals surface area contributed by atoms with Crippen LogP contribution in [0, 0.1) is 0 Å². The van der Waals surface area contributed by atoms with E-state index in [4.69, 9.17) is 16.3 Å². The van der Waals surface area contributed by atoms with Crippen molar-refractivity contribution in [2.24, 2.45) is 7.05 Å². The maximum Gasteiger partial charge on any atom is 0.269 e. The van der Waals surface area contributed by atoms with E-state index in [0.29, 0.717) is 17.3 Å². The fourth-order valence-electron chi connectivity index (χ4n) is 3.23. The van der Waals surface area contributed by atoms with Crippen LogP contribution in [0.4, 0.5) is 5.69 Å². The van der Waals surface area contributed by atoms with Crippen LogP contribution in [-0.2, 0) is 18.3 Å². The Labute approximate surface area is 167 Å². The lowest BCUT2D eigenvalue weighted by atomic mass is 10.1. The Bertz CT molecular complexity index is 1020. The van der Waals surface area contributed by atoms with Crippen LogP contribution in [0.25, 0.3) is 11.3 Å². The number of aromatic nitrogens is 5. The van der Waals surface area contributed by atoms with E-state index in [0.717, 1.165) is 30.0 Å². The molecule has 3 aromatic rings. The number of anilines is 1. The minimum Gasteiger partial charge on any atom is -0.375 e. The monoisotopic (exact) mass is 400 g/mol. The number of nitrogens with zero attached hydrogens (tertiary/aromatic N) is 6. The molecule has 0 N–H and O–H groups in total. The molecular weight excluding hydrogens is 380 g/mol. The van der Waals surface area contributed by atoms with E-state index in [-0.39, 0.29) is 18.2 Å². The van der Waals surface area contributed by atoms with Crippen molar-refractivity contribution >= 4 is 17.3 Å². The van der Waals surface area contributed by atoms with Crippen LogP contribution >= 0.6 is 11.6 Å². The summed E-state index contributed by atoms with van der Waals surface area (Å²) in [5, 5.41) is 13.3. The number of hydrogen-bond donors (Lipinski definition) is 0. The van der Waals surface area contributed by atoms with Crippen molar-refractivity contribution in [1.82, 2.24) is 24.8 Å². The van der Waals surface area contributed by atoms with Gasteiger partial charge < -0.3 is 9.64 Å². The Kier molecular flexibility index (Phi) is 5.15. The number of rotatable bonds is 6. The molecule has 1 aliphatic heterocycles.